The van der Waals surface area contributed by atoms with Crippen LogP contribution in [-0.2, 0) is 11.2 Å². The van der Waals surface area contributed by atoms with Gasteiger partial charge in [-0.25, -0.2) is 0 Å². The zero-order chi connectivity index (χ0) is 13.1. The molecule has 0 unspecified atom stereocenters. The minimum absolute atomic E-state index is 0.0137. The van der Waals surface area contributed by atoms with E-state index in [0.29, 0.717) is 10.8 Å². The number of halogens is 1. The van der Waals surface area contributed by atoms with Crippen LogP contribution >= 0.6 is 11.6 Å². The summed E-state index contributed by atoms with van der Waals surface area (Å²) in [6.07, 6.45) is 0.245. The fourth-order valence-corrected chi connectivity index (χ4v) is 1.63. The van der Waals surface area contributed by atoms with Gasteiger partial charge in [-0.1, -0.05) is 17.7 Å². The molecule has 0 aliphatic rings. The largest absolute Gasteiger partial charge is 0.481 e. The van der Waals surface area contributed by atoms with Crippen LogP contribution < -0.4 is 0 Å². The van der Waals surface area contributed by atoms with E-state index in [9.17, 15) is 4.79 Å². The molecular formula is C11H11ClN4O2. The smallest absolute Gasteiger partial charge is 0.303 e. The molecule has 1 heterocycles. The van der Waals surface area contributed by atoms with Crippen LogP contribution in [0.25, 0.3) is 5.69 Å². The molecule has 0 fully saturated rings. The van der Waals surface area contributed by atoms with E-state index in [4.69, 9.17) is 16.7 Å². The molecule has 0 aliphatic heterocycles. The lowest BCUT2D eigenvalue weighted by Gasteiger charge is -2.03. The van der Waals surface area contributed by atoms with Gasteiger partial charge in [-0.15, -0.1) is 15.0 Å². The van der Waals surface area contributed by atoms with Crippen LogP contribution in [0.4, 0.5) is 0 Å². The third-order valence-electron chi connectivity index (χ3n) is 2.40. The molecule has 0 bridgehead atoms. The van der Waals surface area contributed by atoms with E-state index in [0.717, 1.165) is 11.3 Å². The molecule has 2 aromatic rings. The Morgan fingerprint density at radius 1 is 1.50 bits per heavy atom. The summed E-state index contributed by atoms with van der Waals surface area (Å²) < 4.78 is 0. The second kappa shape index (κ2) is 5.14. The molecule has 1 aromatic carbocycles. The van der Waals surface area contributed by atoms with E-state index in [1.54, 1.807) is 12.1 Å². The maximum Gasteiger partial charge on any atom is 0.303 e. The van der Waals surface area contributed by atoms with Crippen molar-refractivity contribution >= 4 is 17.6 Å². The minimum Gasteiger partial charge on any atom is -0.481 e. The fourth-order valence-electron chi connectivity index (χ4n) is 1.46. The lowest BCUT2D eigenvalue weighted by Crippen LogP contribution is -2.03. The monoisotopic (exact) mass is 266 g/mol. The molecule has 0 saturated carbocycles. The van der Waals surface area contributed by atoms with Crippen molar-refractivity contribution in [1.82, 2.24) is 20.2 Å². The standard InChI is InChI=1S/C11H11ClN4O2/c1-7-2-3-8(12)6-9(7)16-14-10(13-15-16)4-5-11(17)18/h2-3,6H,4-5H2,1H3,(H,17,18). The van der Waals surface area contributed by atoms with E-state index < -0.39 is 5.97 Å². The second-order valence-electron chi connectivity index (χ2n) is 3.82. The Hall–Kier alpha value is -1.95. The van der Waals surface area contributed by atoms with Crippen LogP contribution in [0.2, 0.25) is 5.02 Å². The summed E-state index contributed by atoms with van der Waals surface area (Å²) in [5.74, 6) is -0.484. The molecule has 0 spiro atoms. The number of benzene rings is 1. The van der Waals surface area contributed by atoms with Gasteiger partial charge in [0.15, 0.2) is 5.82 Å². The van der Waals surface area contributed by atoms with Crippen molar-refractivity contribution in [3.63, 3.8) is 0 Å². The zero-order valence-electron chi connectivity index (χ0n) is 9.67. The average molecular weight is 267 g/mol. The Balaban J connectivity index is 2.23. The van der Waals surface area contributed by atoms with Crippen LogP contribution in [0.5, 0.6) is 0 Å². The number of tetrazole rings is 1. The minimum atomic E-state index is -0.884. The lowest BCUT2D eigenvalue weighted by molar-refractivity contribution is -0.137. The third-order valence-corrected chi connectivity index (χ3v) is 2.64. The van der Waals surface area contributed by atoms with E-state index >= 15 is 0 Å². The van der Waals surface area contributed by atoms with Gasteiger partial charge in [-0.05, 0) is 29.8 Å². The highest BCUT2D eigenvalue weighted by molar-refractivity contribution is 6.30. The SMILES string of the molecule is Cc1ccc(Cl)cc1-n1nnc(CCC(=O)O)n1. The van der Waals surface area contributed by atoms with Gasteiger partial charge in [0.2, 0.25) is 0 Å². The molecular weight excluding hydrogens is 256 g/mol. The molecule has 0 aliphatic carbocycles. The predicted octanol–water partition coefficient (Wildman–Crippen LogP) is 1.64. The normalized spacial score (nSPS) is 10.6. The van der Waals surface area contributed by atoms with Crippen molar-refractivity contribution in [3.8, 4) is 5.69 Å². The highest BCUT2D eigenvalue weighted by atomic mass is 35.5. The van der Waals surface area contributed by atoms with Crippen LogP contribution in [-0.4, -0.2) is 31.3 Å². The number of hydrogen-bond acceptors (Lipinski definition) is 4. The summed E-state index contributed by atoms with van der Waals surface area (Å²) in [5.41, 5.74) is 1.69. The second-order valence-corrected chi connectivity index (χ2v) is 4.26. The molecule has 7 heteroatoms. The molecule has 2 rings (SSSR count). The van der Waals surface area contributed by atoms with Gasteiger partial charge in [-0.2, -0.15) is 0 Å². The van der Waals surface area contributed by atoms with Crippen LogP contribution in [0, 0.1) is 6.92 Å². The average Bonchev–Trinajstić information content (AvgIpc) is 2.78. The zero-order valence-corrected chi connectivity index (χ0v) is 10.4. The van der Waals surface area contributed by atoms with Crippen molar-refractivity contribution in [2.45, 2.75) is 19.8 Å². The van der Waals surface area contributed by atoms with E-state index in [1.807, 2.05) is 13.0 Å². The summed E-state index contributed by atoms with van der Waals surface area (Å²) in [6.45, 7) is 1.91. The summed E-state index contributed by atoms with van der Waals surface area (Å²) in [6, 6.07) is 5.38. The molecule has 1 N–H and O–H groups in total. The van der Waals surface area contributed by atoms with Gasteiger partial charge in [-0.3, -0.25) is 4.79 Å². The van der Waals surface area contributed by atoms with Gasteiger partial charge in [0.05, 0.1) is 12.1 Å². The highest BCUT2D eigenvalue weighted by Gasteiger charge is 2.09. The third kappa shape index (κ3) is 2.84. The summed E-state index contributed by atoms with van der Waals surface area (Å²) in [5, 5.41) is 21.0. The first-order valence-corrected chi connectivity index (χ1v) is 5.71. The molecule has 1 aromatic heterocycles. The number of hydrogen-bond donors (Lipinski definition) is 1. The lowest BCUT2D eigenvalue weighted by atomic mass is 10.2. The molecule has 0 saturated heterocycles. The first-order chi connectivity index (χ1) is 8.56. The van der Waals surface area contributed by atoms with Crippen LogP contribution in [0.3, 0.4) is 0 Å². The number of aliphatic carboxylic acids is 1. The van der Waals surface area contributed by atoms with Gasteiger partial charge in [0, 0.05) is 11.4 Å². The number of nitrogens with zero attached hydrogens (tertiary/aromatic N) is 4. The van der Waals surface area contributed by atoms with Crippen molar-refractivity contribution in [1.29, 1.82) is 0 Å². The van der Waals surface area contributed by atoms with Gasteiger partial charge >= 0.3 is 5.97 Å². The maximum absolute atomic E-state index is 10.4. The number of aryl methyl sites for hydroxylation is 2. The fraction of sp³-hybridized carbons (Fsp3) is 0.273. The number of aromatic nitrogens is 4. The summed E-state index contributed by atoms with van der Waals surface area (Å²) in [4.78, 5) is 11.8. The van der Waals surface area contributed by atoms with E-state index in [2.05, 4.69) is 15.4 Å². The number of rotatable bonds is 4. The number of carbonyl (C=O) groups is 1. The Morgan fingerprint density at radius 3 is 3.00 bits per heavy atom. The maximum atomic E-state index is 10.4. The first kappa shape index (κ1) is 12.5. The van der Waals surface area contributed by atoms with Crippen molar-refractivity contribution in [2.24, 2.45) is 0 Å². The van der Waals surface area contributed by atoms with Gasteiger partial charge in [0.25, 0.3) is 0 Å². The Morgan fingerprint density at radius 2 is 2.28 bits per heavy atom. The van der Waals surface area contributed by atoms with Crippen LogP contribution in [0.15, 0.2) is 18.2 Å². The topological polar surface area (TPSA) is 80.9 Å². The summed E-state index contributed by atoms with van der Waals surface area (Å²) >= 11 is 5.91. The first-order valence-electron chi connectivity index (χ1n) is 5.33. The van der Waals surface area contributed by atoms with Crippen molar-refractivity contribution in [3.05, 3.63) is 34.6 Å². The predicted molar refractivity (Wildman–Crippen MR) is 64.9 cm³/mol. The van der Waals surface area contributed by atoms with E-state index in [1.165, 1.54) is 4.80 Å². The number of carboxylic acids is 1. The molecule has 18 heavy (non-hydrogen) atoms. The van der Waals surface area contributed by atoms with Crippen molar-refractivity contribution in [2.75, 3.05) is 0 Å². The Bertz CT molecular complexity index is 582. The van der Waals surface area contributed by atoms with E-state index in [-0.39, 0.29) is 12.8 Å². The molecule has 0 radical (unpaired) electrons. The van der Waals surface area contributed by atoms with Gasteiger partial charge < -0.3 is 5.11 Å². The van der Waals surface area contributed by atoms with Crippen molar-refractivity contribution < 1.29 is 9.90 Å². The summed E-state index contributed by atoms with van der Waals surface area (Å²) in [7, 11) is 0. The highest BCUT2D eigenvalue weighted by Crippen LogP contribution is 2.17. The molecule has 6 nitrogen and oxygen atoms in total. The Kier molecular flexibility index (Phi) is 3.57. The Labute approximate surface area is 108 Å². The molecule has 94 valence electrons. The molecule has 0 amide bonds. The number of carboxylic acid groups (broad SMARTS) is 1. The molecule has 0 atom stereocenters. The van der Waals surface area contributed by atoms with Gasteiger partial charge in [0.1, 0.15) is 0 Å². The quantitative estimate of drug-likeness (QED) is 0.910. The van der Waals surface area contributed by atoms with Crippen LogP contribution in [0.1, 0.15) is 17.8 Å².